The highest BCUT2D eigenvalue weighted by Gasteiger charge is 2.34. The molecule has 16 heavy (non-hydrogen) atoms. The maximum atomic E-state index is 9.27. The molecule has 0 aromatic carbocycles. The minimum absolute atomic E-state index is 0.349. The van der Waals surface area contributed by atoms with Crippen molar-refractivity contribution in [2.24, 2.45) is 0 Å². The molecule has 0 spiro atoms. The average Bonchev–Trinajstić information content (AvgIpc) is 2.95. The van der Waals surface area contributed by atoms with Crippen molar-refractivity contribution in [3.8, 4) is 6.07 Å². The van der Waals surface area contributed by atoms with E-state index in [2.05, 4.69) is 18.3 Å². The second-order valence-corrected chi connectivity index (χ2v) is 6.92. The summed E-state index contributed by atoms with van der Waals surface area (Å²) >= 11 is 1.96. The largest absolute Gasteiger partial charge is 0.379 e. The van der Waals surface area contributed by atoms with Gasteiger partial charge < -0.3 is 4.74 Å². The molecule has 2 aliphatic rings. The van der Waals surface area contributed by atoms with Crippen LogP contribution in [0.4, 0.5) is 0 Å². The quantitative estimate of drug-likeness (QED) is 0.770. The second kappa shape index (κ2) is 4.95. The second-order valence-electron chi connectivity index (χ2n) is 5.17. The number of rotatable bonds is 6. The summed E-state index contributed by atoms with van der Waals surface area (Å²) in [6, 6.07) is 3.03. The van der Waals surface area contributed by atoms with Gasteiger partial charge in [-0.15, -0.1) is 0 Å². The van der Waals surface area contributed by atoms with E-state index in [-0.39, 0.29) is 5.54 Å². The number of hydrogen-bond acceptors (Lipinski definition) is 4. The lowest BCUT2D eigenvalue weighted by molar-refractivity contribution is 0.0452. The van der Waals surface area contributed by atoms with E-state index in [0.29, 0.717) is 16.5 Å². The summed E-state index contributed by atoms with van der Waals surface area (Å²) in [7, 11) is 0. The van der Waals surface area contributed by atoms with E-state index in [4.69, 9.17) is 4.74 Å². The molecule has 3 nitrogen and oxygen atoms in total. The van der Waals surface area contributed by atoms with E-state index in [1.165, 1.54) is 12.8 Å². The molecule has 1 aliphatic heterocycles. The molecule has 0 radical (unpaired) electrons. The maximum Gasteiger partial charge on any atom is 0.105 e. The zero-order chi connectivity index (χ0) is 11.6. The lowest BCUT2D eigenvalue weighted by Gasteiger charge is -2.31. The van der Waals surface area contributed by atoms with Gasteiger partial charge in [0.05, 0.1) is 24.5 Å². The van der Waals surface area contributed by atoms with Crippen molar-refractivity contribution in [2.75, 3.05) is 13.2 Å². The van der Waals surface area contributed by atoms with Gasteiger partial charge in [0.1, 0.15) is 5.54 Å². The molecule has 0 aromatic heterocycles. The number of nitrogens with one attached hydrogen (secondary N) is 1. The molecule has 1 heterocycles. The van der Waals surface area contributed by atoms with Crippen molar-refractivity contribution in [1.29, 1.82) is 5.26 Å². The predicted octanol–water partition coefficient (Wildman–Crippen LogP) is 1.93. The predicted molar refractivity (Wildman–Crippen MR) is 66.5 cm³/mol. The highest BCUT2D eigenvalue weighted by Crippen LogP contribution is 2.31. The fraction of sp³-hybridized carbons (Fsp3) is 0.917. The summed E-state index contributed by atoms with van der Waals surface area (Å²) in [4.78, 5) is 0. The van der Waals surface area contributed by atoms with Crippen LogP contribution in [-0.4, -0.2) is 35.3 Å². The van der Waals surface area contributed by atoms with Crippen molar-refractivity contribution < 1.29 is 4.74 Å². The van der Waals surface area contributed by atoms with E-state index >= 15 is 0 Å². The molecule has 2 rings (SSSR count). The van der Waals surface area contributed by atoms with Crippen LogP contribution in [0.15, 0.2) is 0 Å². The molecule has 4 heteroatoms. The number of hydrogen-bond donors (Lipinski definition) is 1. The van der Waals surface area contributed by atoms with Gasteiger partial charge in [0.15, 0.2) is 0 Å². The Kier molecular flexibility index (Phi) is 3.78. The normalized spacial score (nSPS) is 26.6. The van der Waals surface area contributed by atoms with Crippen LogP contribution >= 0.6 is 11.8 Å². The smallest absolute Gasteiger partial charge is 0.105 e. The lowest BCUT2D eigenvalue weighted by atomic mass is 9.98. The van der Waals surface area contributed by atoms with E-state index in [0.717, 1.165) is 19.6 Å². The van der Waals surface area contributed by atoms with Gasteiger partial charge in [-0.3, -0.25) is 5.32 Å². The Hall–Kier alpha value is -0.240. The molecule has 2 atom stereocenters. The summed E-state index contributed by atoms with van der Waals surface area (Å²) < 4.78 is 5.17. The monoisotopic (exact) mass is 240 g/mol. The molecule has 0 bridgehead atoms. The van der Waals surface area contributed by atoms with Crippen LogP contribution < -0.4 is 5.32 Å². The van der Waals surface area contributed by atoms with Gasteiger partial charge in [0, 0.05) is 11.3 Å². The van der Waals surface area contributed by atoms with Crippen molar-refractivity contribution >= 4 is 11.8 Å². The highest BCUT2D eigenvalue weighted by atomic mass is 32.2. The highest BCUT2D eigenvalue weighted by molar-refractivity contribution is 8.00. The van der Waals surface area contributed by atoms with Crippen LogP contribution in [0.2, 0.25) is 0 Å². The average molecular weight is 240 g/mol. The van der Waals surface area contributed by atoms with Crippen molar-refractivity contribution in [1.82, 2.24) is 5.32 Å². The minimum Gasteiger partial charge on any atom is -0.379 e. The minimum atomic E-state index is -0.349. The van der Waals surface area contributed by atoms with Gasteiger partial charge in [-0.25, -0.2) is 0 Å². The molecule has 2 unspecified atom stereocenters. The summed E-state index contributed by atoms with van der Waals surface area (Å²) in [6.45, 7) is 6.01. The van der Waals surface area contributed by atoms with Crippen molar-refractivity contribution in [3.05, 3.63) is 0 Å². The van der Waals surface area contributed by atoms with Gasteiger partial charge in [0.25, 0.3) is 0 Å². The molecular formula is C12H20N2OS. The summed E-state index contributed by atoms with van der Waals surface area (Å²) in [5, 5.41) is 13.9. The molecule has 1 saturated carbocycles. The first kappa shape index (κ1) is 12.2. The summed E-state index contributed by atoms with van der Waals surface area (Å²) in [5.41, 5.74) is -0.349. The third-order valence-electron chi connectivity index (χ3n) is 3.07. The SMILES string of the molecule is CC(CC(C)(C#N)NC1CC1)SC1COC1. The Morgan fingerprint density at radius 3 is 2.69 bits per heavy atom. The van der Waals surface area contributed by atoms with Crippen LogP contribution in [0, 0.1) is 11.3 Å². The third-order valence-corrected chi connectivity index (χ3v) is 4.36. The van der Waals surface area contributed by atoms with Crippen LogP contribution in [0.25, 0.3) is 0 Å². The Morgan fingerprint density at radius 1 is 1.56 bits per heavy atom. The van der Waals surface area contributed by atoms with Gasteiger partial charge in [-0.1, -0.05) is 6.92 Å². The fourth-order valence-corrected chi connectivity index (χ4v) is 3.50. The number of thioether (sulfide) groups is 1. The van der Waals surface area contributed by atoms with Gasteiger partial charge in [0.2, 0.25) is 0 Å². The van der Waals surface area contributed by atoms with Crippen molar-refractivity contribution in [3.63, 3.8) is 0 Å². The first-order chi connectivity index (χ1) is 7.61. The van der Waals surface area contributed by atoms with Crippen LogP contribution in [-0.2, 0) is 4.74 Å². The molecule has 90 valence electrons. The molecule has 1 saturated heterocycles. The van der Waals surface area contributed by atoms with Crippen LogP contribution in [0.5, 0.6) is 0 Å². The fourth-order valence-electron chi connectivity index (χ4n) is 2.06. The van der Waals surface area contributed by atoms with Gasteiger partial charge in [-0.2, -0.15) is 17.0 Å². The van der Waals surface area contributed by atoms with Gasteiger partial charge >= 0.3 is 0 Å². The molecule has 0 amide bonds. The van der Waals surface area contributed by atoms with Crippen LogP contribution in [0.3, 0.4) is 0 Å². The van der Waals surface area contributed by atoms with E-state index in [9.17, 15) is 5.26 Å². The standard InChI is InChI=1S/C12H20N2OS/c1-9(16-11-6-15-7-11)5-12(2,8-13)14-10-3-4-10/h9-11,14H,3-7H2,1-2H3. The Labute approximate surface area is 102 Å². The van der Waals surface area contributed by atoms with Crippen LogP contribution in [0.1, 0.15) is 33.1 Å². The van der Waals surface area contributed by atoms with Gasteiger partial charge in [-0.05, 0) is 26.2 Å². The zero-order valence-electron chi connectivity index (χ0n) is 10.0. The van der Waals surface area contributed by atoms with E-state index in [1.807, 2.05) is 18.7 Å². The summed E-state index contributed by atoms with van der Waals surface area (Å²) in [5.74, 6) is 0. The Morgan fingerprint density at radius 2 is 2.25 bits per heavy atom. The molecule has 1 N–H and O–H groups in total. The first-order valence-electron chi connectivity index (χ1n) is 6.03. The lowest BCUT2D eigenvalue weighted by Crippen LogP contribution is -2.44. The number of ether oxygens (including phenoxy) is 1. The Balaban J connectivity index is 1.77. The zero-order valence-corrected chi connectivity index (χ0v) is 10.8. The Bertz CT molecular complexity index is 283. The van der Waals surface area contributed by atoms with E-state index < -0.39 is 0 Å². The molecular weight excluding hydrogens is 220 g/mol. The molecule has 0 aromatic rings. The molecule has 1 aliphatic carbocycles. The number of nitriles is 1. The topological polar surface area (TPSA) is 45.0 Å². The third kappa shape index (κ3) is 3.38. The maximum absolute atomic E-state index is 9.27. The van der Waals surface area contributed by atoms with Crippen molar-refractivity contribution in [2.45, 2.75) is 55.2 Å². The molecule has 2 fully saturated rings. The van der Waals surface area contributed by atoms with E-state index in [1.54, 1.807) is 0 Å². The first-order valence-corrected chi connectivity index (χ1v) is 6.98. The summed E-state index contributed by atoms with van der Waals surface area (Å²) in [6.07, 6.45) is 3.38. The number of nitrogens with zero attached hydrogens (tertiary/aromatic N) is 1.